The van der Waals surface area contributed by atoms with Crippen molar-refractivity contribution >= 4 is 23.1 Å². The second-order valence-electron chi connectivity index (χ2n) is 8.00. The van der Waals surface area contributed by atoms with E-state index in [2.05, 4.69) is 29.6 Å². The van der Waals surface area contributed by atoms with Crippen LogP contribution in [0.5, 0.6) is 0 Å². The summed E-state index contributed by atoms with van der Waals surface area (Å²) in [4.78, 5) is 21.1. The molecule has 0 spiro atoms. The van der Waals surface area contributed by atoms with Crippen LogP contribution in [0.3, 0.4) is 0 Å². The third kappa shape index (κ3) is 29.0. The van der Waals surface area contributed by atoms with Crippen LogP contribution < -0.4 is 10.6 Å². The van der Waals surface area contributed by atoms with Crippen molar-refractivity contribution < 1.29 is 28.5 Å². The number of rotatable bonds is 10. The Hall–Kier alpha value is -3.56. The zero-order valence-corrected chi connectivity index (χ0v) is 25.1. The fourth-order valence-corrected chi connectivity index (χ4v) is 2.55. The SMILES string of the molecule is CC(=O)Cc1ccccc1.CC(=O)Nc1ccccc1.CNc1ccccc1.COCCOC.COCCOC. The first-order chi connectivity index (χ1) is 19.3. The summed E-state index contributed by atoms with van der Waals surface area (Å²) in [5.41, 5.74) is 3.09. The Balaban J connectivity index is 0. The molecule has 3 aromatic carbocycles. The third-order valence-electron chi connectivity index (χ3n) is 4.44. The molecule has 222 valence electrons. The van der Waals surface area contributed by atoms with E-state index >= 15 is 0 Å². The first-order valence-corrected chi connectivity index (χ1v) is 12.9. The normalized spacial score (nSPS) is 8.97. The van der Waals surface area contributed by atoms with Gasteiger partial charge in [-0.2, -0.15) is 0 Å². The maximum absolute atomic E-state index is 10.6. The topological polar surface area (TPSA) is 95.1 Å². The van der Waals surface area contributed by atoms with Crippen LogP contribution >= 0.6 is 0 Å². The van der Waals surface area contributed by atoms with Crippen molar-refractivity contribution in [1.29, 1.82) is 0 Å². The fourth-order valence-electron chi connectivity index (χ4n) is 2.55. The minimum Gasteiger partial charge on any atom is -0.388 e. The number of ketones is 1. The largest absolute Gasteiger partial charge is 0.388 e. The number of ether oxygens (including phenoxy) is 4. The monoisotopic (exact) mass is 556 g/mol. The van der Waals surface area contributed by atoms with Gasteiger partial charge in [-0.1, -0.05) is 66.7 Å². The average molecular weight is 557 g/mol. The van der Waals surface area contributed by atoms with E-state index < -0.39 is 0 Å². The van der Waals surface area contributed by atoms with E-state index in [0.717, 1.165) is 16.9 Å². The van der Waals surface area contributed by atoms with Gasteiger partial charge in [0.2, 0.25) is 5.91 Å². The van der Waals surface area contributed by atoms with Gasteiger partial charge in [0, 0.05) is 60.2 Å². The summed E-state index contributed by atoms with van der Waals surface area (Å²) < 4.78 is 18.6. The lowest BCUT2D eigenvalue weighted by molar-refractivity contribution is -0.116. The number of carbonyl (C=O) groups is 2. The highest BCUT2D eigenvalue weighted by molar-refractivity contribution is 5.88. The van der Waals surface area contributed by atoms with Crippen molar-refractivity contribution in [2.24, 2.45) is 0 Å². The van der Waals surface area contributed by atoms with Crippen LogP contribution in [0.4, 0.5) is 11.4 Å². The predicted molar refractivity (Wildman–Crippen MR) is 165 cm³/mol. The Bertz CT molecular complexity index is 874. The van der Waals surface area contributed by atoms with E-state index in [1.807, 2.05) is 98.0 Å². The molecule has 8 nitrogen and oxygen atoms in total. The molecule has 3 rings (SSSR count). The number of carbonyl (C=O) groups excluding carboxylic acids is 2. The summed E-state index contributed by atoms with van der Waals surface area (Å²) >= 11 is 0. The zero-order valence-electron chi connectivity index (χ0n) is 25.1. The van der Waals surface area contributed by atoms with Crippen LogP contribution in [-0.4, -0.2) is 73.6 Å². The van der Waals surface area contributed by atoms with E-state index in [4.69, 9.17) is 0 Å². The quantitative estimate of drug-likeness (QED) is 0.307. The lowest BCUT2D eigenvalue weighted by Crippen LogP contribution is -2.04. The lowest BCUT2D eigenvalue weighted by Gasteiger charge is -1.98. The summed E-state index contributed by atoms with van der Waals surface area (Å²) in [7, 11) is 8.52. The molecule has 0 radical (unpaired) electrons. The van der Waals surface area contributed by atoms with Crippen molar-refractivity contribution in [1.82, 2.24) is 0 Å². The Morgan fingerprint density at radius 3 is 1.20 bits per heavy atom. The summed E-state index contributed by atoms with van der Waals surface area (Å²) in [5, 5.41) is 5.69. The molecule has 0 bridgehead atoms. The molecule has 0 aliphatic carbocycles. The molecule has 0 saturated heterocycles. The van der Waals surface area contributed by atoms with Gasteiger partial charge in [-0.25, -0.2) is 0 Å². The van der Waals surface area contributed by atoms with Crippen LogP contribution in [0.25, 0.3) is 0 Å². The highest BCUT2D eigenvalue weighted by atomic mass is 16.5. The van der Waals surface area contributed by atoms with Gasteiger partial charge in [-0.3, -0.25) is 9.59 Å². The van der Waals surface area contributed by atoms with E-state index in [1.54, 1.807) is 35.4 Å². The van der Waals surface area contributed by atoms with Crippen molar-refractivity contribution in [3.05, 3.63) is 96.6 Å². The van der Waals surface area contributed by atoms with E-state index in [9.17, 15) is 9.59 Å². The van der Waals surface area contributed by atoms with Crippen LogP contribution in [0.2, 0.25) is 0 Å². The number of anilines is 2. The molecular weight excluding hydrogens is 508 g/mol. The van der Waals surface area contributed by atoms with Crippen LogP contribution in [0.15, 0.2) is 91.0 Å². The maximum atomic E-state index is 10.6. The van der Waals surface area contributed by atoms with Gasteiger partial charge < -0.3 is 29.6 Å². The molecule has 40 heavy (non-hydrogen) atoms. The molecule has 0 aliphatic rings. The summed E-state index contributed by atoms with van der Waals surface area (Å²) in [6, 6.07) is 29.2. The molecule has 0 aromatic heterocycles. The number of hydrogen-bond donors (Lipinski definition) is 2. The Morgan fingerprint density at radius 2 is 0.925 bits per heavy atom. The minimum absolute atomic E-state index is 0.0359. The molecule has 3 aromatic rings. The number of amides is 1. The first-order valence-electron chi connectivity index (χ1n) is 12.9. The first kappa shape index (κ1) is 38.6. The second kappa shape index (κ2) is 30.0. The molecule has 0 heterocycles. The molecule has 1 amide bonds. The summed E-state index contributed by atoms with van der Waals surface area (Å²) in [6.45, 7) is 5.86. The molecule has 8 heteroatoms. The molecule has 0 unspecified atom stereocenters. The number of benzene rings is 3. The van der Waals surface area contributed by atoms with Gasteiger partial charge >= 0.3 is 0 Å². The van der Waals surface area contributed by atoms with Crippen molar-refractivity contribution in [3.63, 3.8) is 0 Å². The maximum Gasteiger partial charge on any atom is 0.221 e. The van der Waals surface area contributed by atoms with Crippen molar-refractivity contribution in [2.75, 3.05) is 72.5 Å². The fraction of sp³-hybridized carbons (Fsp3) is 0.375. The zero-order chi connectivity index (χ0) is 30.3. The summed E-state index contributed by atoms with van der Waals surface area (Å²) in [6.07, 6.45) is 0.556. The van der Waals surface area contributed by atoms with E-state index in [1.165, 1.54) is 6.92 Å². The number of nitrogens with one attached hydrogen (secondary N) is 2. The van der Waals surface area contributed by atoms with Crippen LogP contribution in [-0.2, 0) is 35.0 Å². The van der Waals surface area contributed by atoms with Gasteiger partial charge in [0.05, 0.1) is 26.4 Å². The lowest BCUT2D eigenvalue weighted by atomic mass is 10.1. The van der Waals surface area contributed by atoms with Gasteiger partial charge in [0.1, 0.15) is 5.78 Å². The van der Waals surface area contributed by atoms with E-state index in [0.29, 0.717) is 32.8 Å². The van der Waals surface area contributed by atoms with Crippen LogP contribution in [0, 0.1) is 0 Å². The molecule has 0 fully saturated rings. The van der Waals surface area contributed by atoms with Crippen molar-refractivity contribution in [2.45, 2.75) is 20.3 Å². The Labute approximate surface area is 241 Å². The summed E-state index contributed by atoms with van der Waals surface area (Å²) in [5.74, 6) is 0.178. The average Bonchev–Trinajstić information content (AvgIpc) is 2.97. The van der Waals surface area contributed by atoms with Crippen molar-refractivity contribution in [3.8, 4) is 0 Å². The molecule has 0 aliphatic heterocycles. The number of hydrogen-bond acceptors (Lipinski definition) is 7. The smallest absolute Gasteiger partial charge is 0.221 e. The highest BCUT2D eigenvalue weighted by Crippen LogP contribution is 2.03. The van der Waals surface area contributed by atoms with Gasteiger partial charge in [-0.15, -0.1) is 0 Å². The van der Waals surface area contributed by atoms with E-state index in [-0.39, 0.29) is 11.7 Å². The van der Waals surface area contributed by atoms with Gasteiger partial charge in [0.25, 0.3) is 0 Å². The number of Topliss-reactive ketones (excluding diaryl/α,β-unsaturated/α-hetero) is 1. The predicted octanol–water partition coefficient (Wildman–Crippen LogP) is 5.75. The molecule has 2 N–H and O–H groups in total. The third-order valence-corrected chi connectivity index (χ3v) is 4.44. The molecule has 0 saturated carbocycles. The van der Waals surface area contributed by atoms with Gasteiger partial charge in [-0.05, 0) is 36.8 Å². The second-order valence-corrected chi connectivity index (χ2v) is 8.00. The number of para-hydroxylation sites is 2. The molecular formula is C32H48N2O6. The highest BCUT2D eigenvalue weighted by Gasteiger charge is 1.93. The standard InChI is InChI=1S/C9H10O.C8H9NO.C7H9N.2C4H10O2/c1-8(10)7-9-5-3-2-4-6-9;1-7(10)9-8-5-3-2-4-6-8;1-8-7-5-3-2-4-6-7;2*1-5-3-4-6-2/h2-6H,7H2,1H3;2-6H,1H3,(H,9,10);2-6,8H,1H3;2*3-4H2,1-2H3. The number of methoxy groups -OCH3 is 4. The van der Waals surface area contributed by atoms with Crippen LogP contribution in [0.1, 0.15) is 19.4 Å². The Kier molecular flexibility index (Phi) is 28.9. The minimum atomic E-state index is -0.0359. The molecule has 0 atom stereocenters. The Morgan fingerprint density at radius 1 is 0.575 bits per heavy atom. The van der Waals surface area contributed by atoms with Gasteiger partial charge in [0.15, 0.2) is 0 Å².